The maximum Gasteiger partial charge on any atom is 0.238 e. The minimum Gasteiger partial charge on any atom is -0.364 e. The highest BCUT2D eigenvalue weighted by atomic mass is 32.2. The SMILES string of the molecule is CCn1nc(C)c2ncnc(NCc3ccc(S(N)(=O)=O)cc3)c21. The Balaban J connectivity index is 1.86. The molecule has 0 atom stereocenters. The molecule has 0 unspecified atom stereocenters. The van der Waals surface area contributed by atoms with Gasteiger partial charge in [0.15, 0.2) is 5.82 Å². The third-order valence-electron chi connectivity index (χ3n) is 3.71. The van der Waals surface area contributed by atoms with Crippen LogP contribution in [0.3, 0.4) is 0 Å². The van der Waals surface area contributed by atoms with Gasteiger partial charge in [-0.3, -0.25) is 4.68 Å². The van der Waals surface area contributed by atoms with Gasteiger partial charge < -0.3 is 5.32 Å². The maximum absolute atomic E-state index is 11.3. The molecule has 0 aliphatic carbocycles. The number of benzene rings is 1. The molecule has 0 aliphatic heterocycles. The van der Waals surface area contributed by atoms with Crippen molar-refractivity contribution in [3.63, 3.8) is 0 Å². The van der Waals surface area contributed by atoms with Crippen molar-refractivity contribution in [1.29, 1.82) is 0 Å². The number of nitrogens with zero attached hydrogens (tertiary/aromatic N) is 4. The van der Waals surface area contributed by atoms with E-state index in [4.69, 9.17) is 5.14 Å². The van der Waals surface area contributed by atoms with Gasteiger partial charge >= 0.3 is 0 Å². The van der Waals surface area contributed by atoms with Crippen LogP contribution in [0.2, 0.25) is 0 Å². The first-order chi connectivity index (χ1) is 11.4. The minimum absolute atomic E-state index is 0.0929. The number of primary sulfonamides is 1. The number of anilines is 1. The molecular weight excluding hydrogens is 328 g/mol. The zero-order valence-corrected chi connectivity index (χ0v) is 14.2. The number of rotatable bonds is 5. The van der Waals surface area contributed by atoms with E-state index in [9.17, 15) is 8.42 Å². The second kappa shape index (κ2) is 6.17. The van der Waals surface area contributed by atoms with Crippen molar-refractivity contribution < 1.29 is 8.42 Å². The van der Waals surface area contributed by atoms with Crippen molar-refractivity contribution in [3.05, 3.63) is 41.9 Å². The molecule has 0 saturated heterocycles. The molecule has 8 nitrogen and oxygen atoms in total. The first-order valence-corrected chi connectivity index (χ1v) is 8.98. The molecule has 3 rings (SSSR count). The third-order valence-corrected chi connectivity index (χ3v) is 4.63. The lowest BCUT2D eigenvalue weighted by atomic mass is 10.2. The molecule has 0 fully saturated rings. The van der Waals surface area contributed by atoms with E-state index in [1.165, 1.54) is 18.5 Å². The zero-order valence-electron chi connectivity index (χ0n) is 13.4. The van der Waals surface area contributed by atoms with Crippen molar-refractivity contribution >= 4 is 26.9 Å². The lowest BCUT2D eigenvalue weighted by molar-refractivity contribution is 0.598. The number of nitrogens with one attached hydrogen (secondary N) is 1. The fourth-order valence-corrected chi connectivity index (χ4v) is 3.02. The Kier molecular flexibility index (Phi) is 4.20. The van der Waals surface area contributed by atoms with E-state index < -0.39 is 10.0 Å². The molecular formula is C15H18N6O2S. The van der Waals surface area contributed by atoms with Gasteiger partial charge in [0, 0.05) is 13.1 Å². The molecule has 126 valence electrons. The number of aryl methyl sites for hydroxylation is 2. The van der Waals surface area contributed by atoms with Gasteiger partial charge in [0.2, 0.25) is 10.0 Å². The average molecular weight is 346 g/mol. The summed E-state index contributed by atoms with van der Waals surface area (Å²) < 4.78 is 24.4. The Labute approximate surface area is 139 Å². The Morgan fingerprint density at radius 1 is 1.21 bits per heavy atom. The monoisotopic (exact) mass is 346 g/mol. The summed E-state index contributed by atoms with van der Waals surface area (Å²) in [5.41, 5.74) is 3.45. The molecule has 0 bridgehead atoms. The maximum atomic E-state index is 11.3. The topological polar surface area (TPSA) is 116 Å². The predicted molar refractivity (Wildman–Crippen MR) is 90.9 cm³/mol. The molecule has 0 radical (unpaired) electrons. The van der Waals surface area contributed by atoms with Gasteiger partial charge in [0.1, 0.15) is 17.4 Å². The average Bonchev–Trinajstić information content (AvgIpc) is 2.89. The summed E-state index contributed by atoms with van der Waals surface area (Å²) in [6, 6.07) is 6.41. The Bertz CT molecular complexity index is 979. The van der Waals surface area contributed by atoms with Crippen LogP contribution in [0.25, 0.3) is 11.0 Å². The van der Waals surface area contributed by atoms with Crippen LogP contribution in [0.15, 0.2) is 35.5 Å². The minimum atomic E-state index is -3.67. The number of nitrogens with two attached hydrogens (primary N) is 1. The number of sulfonamides is 1. The predicted octanol–water partition coefficient (Wildman–Crippen LogP) is 1.41. The summed E-state index contributed by atoms with van der Waals surface area (Å²) in [4.78, 5) is 8.68. The van der Waals surface area contributed by atoms with Crippen molar-refractivity contribution in [1.82, 2.24) is 19.7 Å². The standard InChI is InChI=1S/C15H18N6O2S/c1-3-21-14-13(10(2)20-21)18-9-19-15(14)17-8-11-4-6-12(7-5-11)24(16,22)23/h4-7,9H,3,8H2,1-2H3,(H2,16,22,23)(H,17,18,19). The van der Waals surface area contributed by atoms with Gasteiger partial charge in [-0.25, -0.2) is 23.5 Å². The van der Waals surface area contributed by atoms with E-state index in [1.54, 1.807) is 12.1 Å². The molecule has 3 aromatic rings. The fourth-order valence-electron chi connectivity index (χ4n) is 2.51. The quantitative estimate of drug-likeness (QED) is 0.722. The molecule has 24 heavy (non-hydrogen) atoms. The number of fused-ring (bicyclic) bond motifs is 1. The van der Waals surface area contributed by atoms with Crippen LogP contribution in [0.4, 0.5) is 5.82 Å². The van der Waals surface area contributed by atoms with Crippen molar-refractivity contribution in [2.45, 2.75) is 31.8 Å². The van der Waals surface area contributed by atoms with Crippen LogP contribution in [-0.4, -0.2) is 28.2 Å². The van der Waals surface area contributed by atoms with Crippen LogP contribution in [0.5, 0.6) is 0 Å². The summed E-state index contributed by atoms with van der Waals surface area (Å²) in [6.07, 6.45) is 1.50. The van der Waals surface area contributed by atoms with Gasteiger partial charge in [-0.15, -0.1) is 0 Å². The first kappa shape index (κ1) is 16.3. The molecule has 1 aromatic carbocycles. The summed E-state index contributed by atoms with van der Waals surface area (Å²) in [7, 11) is -3.67. The van der Waals surface area contributed by atoms with Gasteiger partial charge in [-0.05, 0) is 31.5 Å². The molecule has 0 spiro atoms. The van der Waals surface area contributed by atoms with Crippen LogP contribution < -0.4 is 10.5 Å². The highest BCUT2D eigenvalue weighted by molar-refractivity contribution is 7.89. The molecule has 9 heteroatoms. The lowest BCUT2D eigenvalue weighted by Crippen LogP contribution is -2.12. The highest BCUT2D eigenvalue weighted by Gasteiger charge is 2.13. The van der Waals surface area contributed by atoms with Gasteiger partial charge in [0.05, 0.1) is 10.6 Å². The fraction of sp³-hybridized carbons (Fsp3) is 0.267. The largest absolute Gasteiger partial charge is 0.364 e. The Hall–Kier alpha value is -2.52. The van der Waals surface area contributed by atoms with Gasteiger partial charge in [0.25, 0.3) is 0 Å². The highest BCUT2D eigenvalue weighted by Crippen LogP contribution is 2.22. The number of aromatic nitrogens is 4. The molecule has 0 aliphatic rings. The third kappa shape index (κ3) is 3.08. The van der Waals surface area contributed by atoms with E-state index in [0.717, 1.165) is 28.8 Å². The second-order valence-electron chi connectivity index (χ2n) is 5.36. The van der Waals surface area contributed by atoms with Crippen LogP contribution in [0, 0.1) is 6.92 Å². The summed E-state index contributed by atoms with van der Waals surface area (Å²) in [5.74, 6) is 0.693. The van der Waals surface area contributed by atoms with Crippen molar-refractivity contribution in [2.75, 3.05) is 5.32 Å². The Morgan fingerprint density at radius 2 is 1.92 bits per heavy atom. The Morgan fingerprint density at radius 3 is 2.54 bits per heavy atom. The van der Waals surface area contributed by atoms with E-state index in [0.29, 0.717) is 12.4 Å². The van der Waals surface area contributed by atoms with E-state index in [-0.39, 0.29) is 4.90 Å². The summed E-state index contributed by atoms with van der Waals surface area (Å²) in [5, 5.41) is 12.8. The molecule has 2 aromatic heterocycles. The van der Waals surface area contributed by atoms with Crippen LogP contribution >= 0.6 is 0 Å². The van der Waals surface area contributed by atoms with E-state index >= 15 is 0 Å². The van der Waals surface area contributed by atoms with E-state index in [1.807, 2.05) is 18.5 Å². The second-order valence-corrected chi connectivity index (χ2v) is 6.92. The van der Waals surface area contributed by atoms with Crippen molar-refractivity contribution in [2.24, 2.45) is 5.14 Å². The van der Waals surface area contributed by atoms with Gasteiger partial charge in [-0.1, -0.05) is 12.1 Å². The normalized spacial score (nSPS) is 11.8. The van der Waals surface area contributed by atoms with Crippen molar-refractivity contribution in [3.8, 4) is 0 Å². The number of hydrogen-bond donors (Lipinski definition) is 2. The van der Waals surface area contributed by atoms with Crippen LogP contribution in [0.1, 0.15) is 18.2 Å². The van der Waals surface area contributed by atoms with E-state index in [2.05, 4.69) is 20.4 Å². The van der Waals surface area contributed by atoms with Crippen LogP contribution in [-0.2, 0) is 23.1 Å². The number of hydrogen-bond acceptors (Lipinski definition) is 6. The van der Waals surface area contributed by atoms with Gasteiger partial charge in [-0.2, -0.15) is 5.10 Å². The molecule has 2 heterocycles. The zero-order chi connectivity index (χ0) is 17.3. The first-order valence-electron chi connectivity index (χ1n) is 7.44. The lowest BCUT2D eigenvalue weighted by Gasteiger charge is -2.09. The molecule has 3 N–H and O–H groups in total. The molecule has 0 amide bonds. The summed E-state index contributed by atoms with van der Waals surface area (Å²) >= 11 is 0. The summed E-state index contributed by atoms with van der Waals surface area (Å²) in [6.45, 7) is 5.13. The molecule has 0 saturated carbocycles. The smallest absolute Gasteiger partial charge is 0.238 e.